The van der Waals surface area contributed by atoms with Crippen LogP contribution >= 0.6 is 0 Å². The Morgan fingerprint density at radius 2 is 0.622 bits per heavy atom. The number of pyridine rings is 3. The van der Waals surface area contributed by atoms with Crippen LogP contribution in [0.2, 0.25) is 0 Å². The van der Waals surface area contributed by atoms with Gasteiger partial charge in [0.15, 0.2) is 18.6 Å². The van der Waals surface area contributed by atoms with E-state index < -0.39 is 6.85 Å². The number of fused-ring (bicyclic) bond motifs is 12. The lowest BCUT2D eigenvalue weighted by Gasteiger charge is -2.06. The van der Waals surface area contributed by atoms with Crippen LogP contribution in [0.25, 0.3) is 132 Å². The van der Waals surface area contributed by atoms with Crippen molar-refractivity contribution in [1.29, 1.82) is 0 Å². The first-order valence-corrected chi connectivity index (χ1v) is 28.4. The maximum absolute atomic E-state index is 7.68. The van der Waals surface area contributed by atoms with Gasteiger partial charge in [-0.25, -0.2) is 13.7 Å². The Morgan fingerprint density at radius 1 is 0.293 bits per heavy atom. The van der Waals surface area contributed by atoms with Crippen LogP contribution in [0.1, 0.15) is 43.1 Å². The molecule has 6 nitrogen and oxygen atoms in total. The third-order valence-corrected chi connectivity index (χ3v) is 17.5. The van der Waals surface area contributed by atoms with Gasteiger partial charge in [0.2, 0.25) is 17.1 Å². The minimum atomic E-state index is -2.09. The first kappa shape index (κ1) is 48.5. The van der Waals surface area contributed by atoms with Crippen LogP contribution < -0.4 is 13.7 Å². The van der Waals surface area contributed by atoms with Gasteiger partial charge in [-0.05, 0) is 152 Å². The predicted molar refractivity (Wildman–Crippen MR) is 347 cm³/mol. The zero-order valence-corrected chi connectivity index (χ0v) is 49.2. The largest absolute Gasteiger partial charge is 0.343 e. The van der Waals surface area contributed by atoms with Crippen molar-refractivity contribution >= 4 is 97.7 Å². The highest BCUT2D eigenvalue weighted by Gasteiger charge is 2.23. The molecule has 0 atom stereocenters. The number of hydrogen-bond acceptors (Lipinski definition) is 0. The van der Waals surface area contributed by atoms with Gasteiger partial charge in [0.1, 0.15) is 21.1 Å². The Bertz CT molecular complexity index is 5260. The third kappa shape index (κ3) is 8.85. The van der Waals surface area contributed by atoms with Crippen molar-refractivity contribution in [3.8, 4) is 33.8 Å². The molecule has 0 N–H and O–H groups in total. The highest BCUT2D eigenvalue weighted by Crippen LogP contribution is 2.37. The number of aromatic nitrogens is 6. The maximum Gasteiger partial charge on any atom is 0.214 e. The predicted octanol–water partition coefficient (Wildman–Crippen LogP) is 17.1. The summed E-state index contributed by atoms with van der Waals surface area (Å²) in [5.74, 6) is 0. The molecule has 15 rings (SSSR count). The summed E-state index contributed by atoms with van der Waals surface area (Å²) >= 11 is 0. The molecule has 0 saturated heterocycles. The smallest absolute Gasteiger partial charge is 0.214 e. The maximum atomic E-state index is 7.68. The Kier molecular flexibility index (Phi) is 11.8. The lowest BCUT2D eigenvalue weighted by Crippen LogP contribution is -2.30. The summed E-state index contributed by atoms with van der Waals surface area (Å²) in [6, 6.07) is 63.3. The van der Waals surface area contributed by atoms with E-state index >= 15 is 0 Å². The first-order valence-electron chi connectivity index (χ1n) is 29.9. The molecule has 6 heterocycles. The van der Waals surface area contributed by atoms with E-state index in [1.807, 2.05) is 13.0 Å². The van der Waals surface area contributed by atoms with Crippen molar-refractivity contribution in [2.24, 2.45) is 42.3 Å². The molecule has 0 aliphatic rings. The van der Waals surface area contributed by atoms with Crippen LogP contribution in [-0.4, -0.2) is 13.7 Å². The van der Waals surface area contributed by atoms with Gasteiger partial charge in [0, 0.05) is 92.9 Å². The van der Waals surface area contributed by atoms with E-state index in [-0.39, 0.29) is 0 Å². The minimum Gasteiger partial charge on any atom is -0.343 e. The second-order valence-corrected chi connectivity index (χ2v) is 23.2. The molecule has 402 valence electrons. The fourth-order valence-corrected chi connectivity index (χ4v) is 13.0. The second kappa shape index (κ2) is 20.0. The molecule has 6 heteroatoms. The van der Waals surface area contributed by atoms with Crippen LogP contribution in [-0.2, 0) is 42.3 Å². The second-order valence-electron chi connectivity index (χ2n) is 23.2. The van der Waals surface area contributed by atoms with E-state index in [9.17, 15) is 0 Å². The molecule has 82 heavy (non-hydrogen) atoms. The fraction of sp³-hybridized carbons (Fsp3) is 0.171. The highest BCUT2D eigenvalue weighted by molar-refractivity contribution is 6.15. The van der Waals surface area contributed by atoms with E-state index in [1.165, 1.54) is 143 Å². The lowest BCUT2D eigenvalue weighted by molar-refractivity contribution is -0.659. The van der Waals surface area contributed by atoms with Crippen LogP contribution in [0.15, 0.2) is 195 Å². The van der Waals surface area contributed by atoms with Crippen molar-refractivity contribution < 1.29 is 17.8 Å². The van der Waals surface area contributed by atoms with E-state index in [4.69, 9.17) is 4.11 Å². The molecular weight excluding hydrogens is 997 g/mol. The lowest BCUT2D eigenvalue weighted by atomic mass is 10.0. The molecule has 0 spiro atoms. The fourth-order valence-electron chi connectivity index (χ4n) is 13.0. The van der Waals surface area contributed by atoms with Gasteiger partial charge >= 0.3 is 0 Å². The molecule has 0 radical (unpaired) electrons. The third-order valence-electron chi connectivity index (χ3n) is 17.5. The van der Waals surface area contributed by atoms with Crippen LogP contribution in [0.5, 0.6) is 0 Å². The SMILES string of the molecule is Cc1ccc(-c2cc3c(c[n+]2C)c2cc4ccc(C)cc4cc2n3C)c(C)c1.Cc1ccccc1-c1cc2c(c[n+]1C)c1cc3ccccc3cc1n2C.[2H]C([2H])([2H])c1ccc(-c2cc3c(c[n+]2C)c2cc4ccc(C)cc4cc2n3C)c(C)c1. The van der Waals surface area contributed by atoms with Gasteiger partial charge in [0.25, 0.3) is 0 Å². The Balaban J connectivity index is 0.000000119. The first-order chi connectivity index (χ1) is 40.7. The standard InChI is InChI=1S/2C26H25N2.C24H21N2/c2*1-16-7-9-21(18(3)10-16)24-14-26-23(15-27(24)4)22-12-19-8-6-17(2)11-20(19)13-25(22)28(26)5;1-16-8-4-7-11-19(16)22-14-24-21(15-25(22)2)20-12-17-9-5-6-10-18(17)13-23(20)26(24)3/h2*6-15H,1-5H3;4-15H,1-3H3/q3*+1/i1D3;;. The van der Waals surface area contributed by atoms with Gasteiger partial charge in [-0.1, -0.05) is 125 Å². The zero-order valence-electron chi connectivity index (χ0n) is 52.2. The molecule has 6 aromatic heterocycles. The number of hydrogen-bond donors (Lipinski definition) is 0. The van der Waals surface area contributed by atoms with Crippen molar-refractivity contribution in [2.45, 2.75) is 48.4 Å². The van der Waals surface area contributed by atoms with Crippen LogP contribution in [0.3, 0.4) is 0 Å². The van der Waals surface area contributed by atoms with E-state index in [0.29, 0.717) is 5.56 Å². The summed E-state index contributed by atoms with van der Waals surface area (Å²) in [5.41, 5.74) is 22.5. The number of rotatable bonds is 3. The highest BCUT2D eigenvalue weighted by atomic mass is 15.0. The Labute approximate surface area is 484 Å². The van der Waals surface area contributed by atoms with Crippen molar-refractivity contribution in [3.05, 3.63) is 233 Å². The molecule has 15 aromatic rings. The quantitative estimate of drug-likeness (QED) is 0.158. The molecular formula is C76H71N6+3. The normalized spacial score (nSPS) is 12.4. The average Bonchev–Trinajstić information content (AvgIpc) is 1.74. The van der Waals surface area contributed by atoms with Gasteiger partial charge in [-0.3, -0.25) is 0 Å². The molecule has 0 saturated carbocycles. The van der Waals surface area contributed by atoms with Gasteiger partial charge in [-0.15, -0.1) is 0 Å². The summed E-state index contributed by atoms with van der Waals surface area (Å²) in [5, 5.41) is 15.4. The molecule has 0 unspecified atom stereocenters. The molecule has 0 aliphatic heterocycles. The Morgan fingerprint density at radius 3 is 1.05 bits per heavy atom. The van der Waals surface area contributed by atoms with E-state index in [0.717, 1.165) is 22.3 Å². The van der Waals surface area contributed by atoms with E-state index in [1.54, 1.807) is 12.1 Å². The zero-order chi connectivity index (χ0) is 59.5. The minimum absolute atomic E-state index is 0.379. The van der Waals surface area contributed by atoms with Gasteiger partial charge in [0.05, 0.1) is 32.7 Å². The van der Waals surface area contributed by atoms with Crippen molar-refractivity contribution in [3.63, 3.8) is 0 Å². The summed E-state index contributed by atoms with van der Waals surface area (Å²) < 4.78 is 36.6. The summed E-state index contributed by atoms with van der Waals surface area (Å²) in [4.78, 5) is 0. The van der Waals surface area contributed by atoms with Crippen molar-refractivity contribution in [1.82, 2.24) is 13.7 Å². The molecule has 9 aromatic carbocycles. The van der Waals surface area contributed by atoms with Crippen LogP contribution in [0.4, 0.5) is 0 Å². The Hall–Kier alpha value is -9.39. The molecule has 0 aliphatic carbocycles. The monoisotopic (exact) mass is 1070 g/mol. The van der Waals surface area contributed by atoms with Crippen molar-refractivity contribution in [2.75, 3.05) is 0 Å². The van der Waals surface area contributed by atoms with Crippen LogP contribution in [0, 0.1) is 48.4 Å². The van der Waals surface area contributed by atoms with Gasteiger partial charge in [-0.2, -0.15) is 0 Å². The van der Waals surface area contributed by atoms with E-state index in [2.05, 4.69) is 281 Å². The topological polar surface area (TPSA) is 26.4 Å². The number of aryl methyl sites for hydroxylation is 13. The number of benzene rings is 9. The average molecular weight is 1070 g/mol. The number of nitrogens with zero attached hydrogens (tertiary/aromatic N) is 6. The molecule has 0 fully saturated rings. The molecule has 0 bridgehead atoms. The van der Waals surface area contributed by atoms with Gasteiger partial charge < -0.3 is 13.7 Å². The summed E-state index contributed by atoms with van der Waals surface area (Å²) in [6.07, 6.45) is 6.74. The summed E-state index contributed by atoms with van der Waals surface area (Å²) in [7, 11) is 12.8. The molecule has 0 amide bonds. The summed E-state index contributed by atoms with van der Waals surface area (Å²) in [6.45, 7) is 10.7.